The van der Waals surface area contributed by atoms with Gasteiger partial charge < -0.3 is 5.73 Å². The fraction of sp³-hybridized carbons (Fsp3) is 0.625. The van der Waals surface area contributed by atoms with E-state index in [2.05, 4.69) is 13.8 Å². The van der Waals surface area contributed by atoms with Crippen LogP contribution in [0.3, 0.4) is 0 Å². The molecular weight excluding hydrogens is 284 g/mol. The number of hydrogen-bond acceptors (Lipinski definition) is 3. The number of nitrogens with two attached hydrogens (primary N) is 1. The first-order valence-electron chi connectivity index (χ1n) is 7.56. The average molecular weight is 310 g/mol. The molecule has 0 unspecified atom stereocenters. The van der Waals surface area contributed by atoms with Crippen molar-refractivity contribution in [3.05, 3.63) is 29.3 Å². The number of rotatable bonds is 3. The van der Waals surface area contributed by atoms with Crippen LogP contribution in [0, 0.1) is 12.3 Å². The van der Waals surface area contributed by atoms with Crippen molar-refractivity contribution in [2.24, 2.45) is 11.1 Å². The zero-order chi connectivity index (χ0) is 15.7. The summed E-state index contributed by atoms with van der Waals surface area (Å²) < 4.78 is 27.2. The van der Waals surface area contributed by atoms with Gasteiger partial charge in [-0.2, -0.15) is 4.31 Å². The van der Waals surface area contributed by atoms with E-state index in [-0.39, 0.29) is 5.41 Å². The van der Waals surface area contributed by atoms with Gasteiger partial charge in [0.15, 0.2) is 0 Å². The predicted octanol–water partition coefficient (Wildman–Crippen LogP) is 2.65. The van der Waals surface area contributed by atoms with Crippen molar-refractivity contribution in [3.63, 3.8) is 0 Å². The van der Waals surface area contributed by atoms with Crippen molar-refractivity contribution in [2.45, 2.75) is 51.5 Å². The van der Waals surface area contributed by atoms with Gasteiger partial charge in [0.05, 0.1) is 4.90 Å². The molecule has 4 nitrogen and oxygen atoms in total. The summed E-state index contributed by atoms with van der Waals surface area (Å²) in [4.78, 5) is 0.386. The molecule has 0 aromatic heterocycles. The maximum absolute atomic E-state index is 12.8. The largest absolute Gasteiger partial charge is 0.326 e. The molecule has 0 amide bonds. The molecule has 0 spiro atoms. The number of aryl methyl sites for hydroxylation is 1. The molecule has 5 heteroatoms. The van der Waals surface area contributed by atoms with Crippen molar-refractivity contribution in [1.82, 2.24) is 4.31 Å². The molecule has 1 aliphatic heterocycles. The average Bonchev–Trinajstić information content (AvgIpc) is 2.60. The Morgan fingerprint density at radius 2 is 1.95 bits per heavy atom. The van der Waals surface area contributed by atoms with Crippen LogP contribution in [0.5, 0.6) is 0 Å². The highest BCUT2D eigenvalue weighted by Crippen LogP contribution is 2.32. The van der Waals surface area contributed by atoms with Crippen molar-refractivity contribution in [1.29, 1.82) is 0 Å². The Morgan fingerprint density at radius 3 is 2.57 bits per heavy atom. The summed E-state index contributed by atoms with van der Waals surface area (Å²) >= 11 is 0. The van der Waals surface area contributed by atoms with Gasteiger partial charge in [-0.15, -0.1) is 0 Å². The lowest BCUT2D eigenvalue weighted by Gasteiger charge is -2.23. The van der Waals surface area contributed by atoms with Gasteiger partial charge in [-0.3, -0.25) is 0 Å². The highest BCUT2D eigenvalue weighted by atomic mass is 32.2. The van der Waals surface area contributed by atoms with Crippen LogP contribution >= 0.6 is 0 Å². The Balaban J connectivity index is 2.27. The molecule has 118 valence electrons. The van der Waals surface area contributed by atoms with Crippen molar-refractivity contribution >= 4 is 10.0 Å². The summed E-state index contributed by atoms with van der Waals surface area (Å²) in [5, 5.41) is 0. The zero-order valence-electron chi connectivity index (χ0n) is 13.2. The third-order valence-corrected chi connectivity index (χ3v) is 6.37. The lowest BCUT2D eigenvalue weighted by Crippen LogP contribution is -2.32. The smallest absolute Gasteiger partial charge is 0.243 e. The lowest BCUT2D eigenvalue weighted by molar-refractivity contribution is 0.315. The maximum Gasteiger partial charge on any atom is 0.243 e. The van der Waals surface area contributed by atoms with Crippen LogP contribution in [0.15, 0.2) is 23.1 Å². The molecule has 1 aliphatic rings. The first-order valence-corrected chi connectivity index (χ1v) is 9.00. The molecule has 21 heavy (non-hydrogen) atoms. The van der Waals surface area contributed by atoms with Crippen molar-refractivity contribution < 1.29 is 8.42 Å². The second-order valence-electron chi connectivity index (χ2n) is 6.71. The second-order valence-corrected chi connectivity index (χ2v) is 8.65. The third kappa shape index (κ3) is 3.65. The fourth-order valence-electron chi connectivity index (χ4n) is 2.85. The Labute approximate surface area is 128 Å². The summed E-state index contributed by atoms with van der Waals surface area (Å²) in [7, 11) is -3.39. The SMILES string of the molecule is Cc1cc(S(=O)(=O)N2CCCC(C)(C)CC2)ccc1CN. The molecule has 0 bridgehead atoms. The number of hydrogen-bond donors (Lipinski definition) is 1. The number of nitrogens with zero attached hydrogens (tertiary/aromatic N) is 1. The summed E-state index contributed by atoms with van der Waals surface area (Å²) in [5.41, 5.74) is 7.80. The van der Waals surface area contributed by atoms with E-state index in [0.717, 1.165) is 30.4 Å². The molecule has 0 aliphatic carbocycles. The molecule has 0 atom stereocenters. The Hall–Kier alpha value is -0.910. The van der Waals surface area contributed by atoms with Crippen LogP contribution in [-0.2, 0) is 16.6 Å². The lowest BCUT2D eigenvalue weighted by atomic mass is 9.85. The number of sulfonamides is 1. The minimum Gasteiger partial charge on any atom is -0.326 e. The van der Waals surface area contributed by atoms with Crippen LogP contribution in [0.25, 0.3) is 0 Å². The van der Waals surface area contributed by atoms with Gasteiger partial charge in [-0.05, 0) is 54.9 Å². The van der Waals surface area contributed by atoms with E-state index in [1.807, 2.05) is 13.0 Å². The molecule has 2 N–H and O–H groups in total. The maximum atomic E-state index is 12.8. The van der Waals surface area contributed by atoms with Gasteiger partial charge in [0, 0.05) is 19.6 Å². The molecule has 2 rings (SSSR count). The van der Waals surface area contributed by atoms with E-state index in [1.165, 1.54) is 0 Å². The first-order chi connectivity index (χ1) is 9.76. The van der Waals surface area contributed by atoms with Crippen LogP contribution in [0.1, 0.15) is 44.2 Å². The fourth-order valence-corrected chi connectivity index (χ4v) is 4.41. The molecule has 1 aromatic carbocycles. The van der Waals surface area contributed by atoms with E-state index in [9.17, 15) is 8.42 Å². The van der Waals surface area contributed by atoms with Crippen LogP contribution < -0.4 is 5.73 Å². The molecular formula is C16H26N2O2S. The highest BCUT2D eigenvalue weighted by molar-refractivity contribution is 7.89. The van der Waals surface area contributed by atoms with E-state index < -0.39 is 10.0 Å². The van der Waals surface area contributed by atoms with Gasteiger partial charge in [-0.25, -0.2) is 8.42 Å². The topological polar surface area (TPSA) is 63.4 Å². The van der Waals surface area contributed by atoms with Crippen molar-refractivity contribution in [2.75, 3.05) is 13.1 Å². The zero-order valence-corrected chi connectivity index (χ0v) is 14.0. The van der Waals surface area contributed by atoms with Crippen LogP contribution in [0.4, 0.5) is 0 Å². The van der Waals surface area contributed by atoms with Gasteiger partial charge >= 0.3 is 0 Å². The van der Waals surface area contributed by atoms with Crippen molar-refractivity contribution in [3.8, 4) is 0 Å². The molecule has 1 aromatic rings. The molecule has 0 radical (unpaired) electrons. The Bertz CT molecular complexity index is 609. The minimum absolute atomic E-state index is 0.226. The normalized spacial score (nSPS) is 20.2. The summed E-state index contributed by atoms with van der Waals surface area (Å²) in [6, 6.07) is 5.25. The summed E-state index contributed by atoms with van der Waals surface area (Å²) in [5.74, 6) is 0. The molecule has 1 fully saturated rings. The van der Waals surface area contributed by atoms with Gasteiger partial charge in [0.1, 0.15) is 0 Å². The van der Waals surface area contributed by atoms with Crippen LogP contribution in [-0.4, -0.2) is 25.8 Å². The Kier molecular flexibility index (Phi) is 4.76. The molecule has 1 heterocycles. The number of benzene rings is 1. The van der Waals surface area contributed by atoms with E-state index in [1.54, 1.807) is 16.4 Å². The molecule has 1 saturated heterocycles. The summed E-state index contributed by atoms with van der Waals surface area (Å²) in [6.07, 6.45) is 2.91. The predicted molar refractivity (Wildman–Crippen MR) is 85.5 cm³/mol. The standard InChI is InChI=1S/C16H26N2O2S/c1-13-11-15(6-5-14(13)12-17)21(19,20)18-9-4-7-16(2,3)8-10-18/h5-6,11H,4,7-10,12,17H2,1-3H3. The van der Waals surface area contributed by atoms with Gasteiger partial charge in [0.25, 0.3) is 0 Å². The third-order valence-electron chi connectivity index (χ3n) is 4.47. The first kappa shape index (κ1) is 16.5. The quantitative estimate of drug-likeness (QED) is 0.933. The molecule has 0 saturated carbocycles. The van der Waals surface area contributed by atoms with Crippen LogP contribution in [0.2, 0.25) is 0 Å². The summed E-state index contributed by atoms with van der Waals surface area (Å²) in [6.45, 7) is 7.99. The monoisotopic (exact) mass is 310 g/mol. The van der Waals surface area contributed by atoms with Gasteiger partial charge in [-0.1, -0.05) is 19.9 Å². The van der Waals surface area contributed by atoms with E-state index in [0.29, 0.717) is 24.5 Å². The van der Waals surface area contributed by atoms with Gasteiger partial charge in [0.2, 0.25) is 10.0 Å². The minimum atomic E-state index is -3.39. The van der Waals surface area contributed by atoms with E-state index in [4.69, 9.17) is 5.73 Å². The second kappa shape index (κ2) is 6.07. The highest BCUT2D eigenvalue weighted by Gasteiger charge is 2.30. The van der Waals surface area contributed by atoms with E-state index >= 15 is 0 Å². The Morgan fingerprint density at radius 1 is 1.24 bits per heavy atom.